The molecule has 0 heterocycles. The molecule has 0 radical (unpaired) electrons. The zero-order valence-corrected chi connectivity index (χ0v) is 9.33. The highest BCUT2D eigenvalue weighted by atomic mass is 32.1. The van der Waals surface area contributed by atoms with E-state index in [4.69, 9.17) is 0 Å². The van der Waals surface area contributed by atoms with Crippen molar-refractivity contribution in [2.24, 2.45) is 0 Å². The number of hydrogen-bond donors (Lipinski definition) is 5. The van der Waals surface area contributed by atoms with E-state index in [1.54, 1.807) is 6.07 Å². The summed E-state index contributed by atoms with van der Waals surface area (Å²) in [6.45, 7) is 1.39. The zero-order valence-electron chi connectivity index (χ0n) is 7.55. The van der Waals surface area contributed by atoms with Crippen molar-refractivity contribution in [3.8, 4) is 5.75 Å². The molecule has 78 valence electrons. The van der Waals surface area contributed by atoms with E-state index < -0.39 is 11.0 Å². The molecule has 3 N–H and O–H groups in total. The van der Waals surface area contributed by atoms with Crippen LogP contribution in [0.25, 0.3) is 0 Å². The van der Waals surface area contributed by atoms with Crippen LogP contribution in [0.15, 0.2) is 23.1 Å². The molecule has 1 aromatic rings. The lowest BCUT2D eigenvalue weighted by Crippen LogP contribution is -2.31. The summed E-state index contributed by atoms with van der Waals surface area (Å²) in [5.74, 6) is -0.124. The minimum Gasteiger partial charge on any atom is -0.508 e. The summed E-state index contributed by atoms with van der Waals surface area (Å²) in [5.41, 5.74) is 0.142. The number of aliphatic hydroxyl groups is 2. The van der Waals surface area contributed by atoms with Gasteiger partial charge < -0.3 is 15.3 Å². The molecule has 0 bridgehead atoms. The van der Waals surface area contributed by atoms with E-state index in [2.05, 4.69) is 25.3 Å². The first-order valence-corrected chi connectivity index (χ1v) is 4.90. The maximum Gasteiger partial charge on any atom is 0.162 e. The van der Waals surface area contributed by atoms with E-state index in [9.17, 15) is 15.3 Å². The van der Waals surface area contributed by atoms with Crippen molar-refractivity contribution in [3.05, 3.63) is 23.8 Å². The van der Waals surface area contributed by atoms with Gasteiger partial charge in [-0.05, 0) is 25.1 Å². The molecule has 14 heavy (non-hydrogen) atoms. The zero-order chi connectivity index (χ0) is 10.9. The summed E-state index contributed by atoms with van der Waals surface area (Å²) in [6, 6.07) is 4.42. The SMILES string of the molecule is CC(O)C(O)(S)c1cc(S)ccc1O. The molecule has 0 aromatic heterocycles. The minimum absolute atomic E-state index is 0.124. The van der Waals surface area contributed by atoms with Crippen molar-refractivity contribution in [2.45, 2.75) is 22.9 Å². The Morgan fingerprint density at radius 1 is 1.43 bits per heavy atom. The van der Waals surface area contributed by atoms with E-state index >= 15 is 0 Å². The van der Waals surface area contributed by atoms with Crippen molar-refractivity contribution in [1.29, 1.82) is 0 Å². The van der Waals surface area contributed by atoms with Crippen molar-refractivity contribution >= 4 is 25.3 Å². The van der Waals surface area contributed by atoms with Gasteiger partial charge >= 0.3 is 0 Å². The highest BCUT2D eigenvalue weighted by molar-refractivity contribution is 7.81. The second-order valence-corrected chi connectivity index (χ2v) is 4.30. The summed E-state index contributed by atoms with van der Waals surface area (Å²) < 4.78 is 0. The Labute approximate surface area is 93.2 Å². The molecule has 5 heteroatoms. The maximum atomic E-state index is 9.79. The average molecular weight is 232 g/mol. The molecule has 3 nitrogen and oxygen atoms in total. The summed E-state index contributed by atoms with van der Waals surface area (Å²) in [7, 11) is 0. The Bertz CT molecular complexity index is 337. The number of benzene rings is 1. The Morgan fingerprint density at radius 2 is 2.00 bits per heavy atom. The van der Waals surface area contributed by atoms with Gasteiger partial charge in [0.25, 0.3) is 0 Å². The molecule has 0 saturated heterocycles. The van der Waals surface area contributed by atoms with Crippen LogP contribution in [0.2, 0.25) is 0 Å². The van der Waals surface area contributed by atoms with Crippen molar-refractivity contribution < 1.29 is 15.3 Å². The number of rotatable bonds is 2. The molecule has 0 aliphatic rings. The molecule has 0 aliphatic carbocycles. The van der Waals surface area contributed by atoms with Gasteiger partial charge in [-0.1, -0.05) is 0 Å². The van der Waals surface area contributed by atoms with Gasteiger partial charge in [0.1, 0.15) is 5.75 Å². The maximum absolute atomic E-state index is 9.79. The molecule has 2 atom stereocenters. The minimum atomic E-state index is -1.77. The molecule has 0 aliphatic heterocycles. The lowest BCUT2D eigenvalue weighted by atomic mass is 10.0. The molecule has 0 spiro atoms. The van der Waals surface area contributed by atoms with Crippen LogP contribution in [0, 0.1) is 0 Å². The van der Waals surface area contributed by atoms with Gasteiger partial charge in [0, 0.05) is 10.5 Å². The predicted octanol–water partition coefficient (Wildman–Crippen LogP) is 1.14. The largest absolute Gasteiger partial charge is 0.508 e. The summed E-state index contributed by atoms with van der Waals surface area (Å²) in [5, 5.41) is 28.5. The first-order valence-electron chi connectivity index (χ1n) is 4.01. The smallest absolute Gasteiger partial charge is 0.162 e. The molecule has 0 amide bonds. The number of aromatic hydroxyl groups is 1. The summed E-state index contributed by atoms with van der Waals surface area (Å²) in [6.07, 6.45) is -1.10. The van der Waals surface area contributed by atoms with E-state index in [-0.39, 0.29) is 11.3 Å². The lowest BCUT2D eigenvalue weighted by Gasteiger charge is -2.26. The fourth-order valence-electron chi connectivity index (χ4n) is 1.04. The highest BCUT2D eigenvalue weighted by Crippen LogP contribution is 2.36. The monoisotopic (exact) mass is 232 g/mol. The topological polar surface area (TPSA) is 60.7 Å². The van der Waals surface area contributed by atoms with E-state index in [0.29, 0.717) is 4.90 Å². The molecule has 1 aromatic carbocycles. The number of phenolic OH excluding ortho intramolecular Hbond substituents is 1. The van der Waals surface area contributed by atoms with Gasteiger partial charge in [0.15, 0.2) is 4.93 Å². The molecule has 0 fully saturated rings. The van der Waals surface area contributed by atoms with Crippen LogP contribution in [0.5, 0.6) is 5.75 Å². The summed E-state index contributed by atoms with van der Waals surface area (Å²) in [4.78, 5) is -1.20. The third-order valence-electron chi connectivity index (χ3n) is 1.96. The lowest BCUT2D eigenvalue weighted by molar-refractivity contribution is 0.00145. The molecular formula is C9H12O3S2. The van der Waals surface area contributed by atoms with Gasteiger partial charge in [-0.25, -0.2) is 0 Å². The van der Waals surface area contributed by atoms with Crippen LogP contribution in [-0.2, 0) is 4.93 Å². The number of thiol groups is 2. The Hall–Kier alpha value is -0.360. The summed E-state index contributed by atoms with van der Waals surface area (Å²) >= 11 is 7.96. The van der Waals surface area contributed by atoms with Gasteiger partial charge in [-0.15, -0.1) is 25.3 Å². The van der Waals surface area contributed by atoms with Crippen LogP contribution < -0.4 is 0 Å². The van der Waals surface area contributed by atoms with Gasteiger partial charge in [-0.3, -0.25) is 0 Å². The fraction of sp³-hybridized carbons (Fsp3) is 0.333. The first-order chi connectivity index (χ1) is 6.35. The number of hydrogen-bond acceptors (Lipinski definition) is 5. The average Bonchev–Trinajstić information content (AvgIpc) is 2.08. The van der Waals surface area contributed by atoms with Crippen LogP contribution in [-0.4, -0.2) is 21.4 Å². The predicted molar refractivity (Wildman–Crippen MR) is 59.9 cm³/mol. The third kappa shape index (κ3) is 2.17. The van der Waals surface area contributed by atoms with Crippen molar-refractivity contribution in [1.82, 2.24) is 0 Å². The molecule has 2 unspecified atom stereocenters. The van der Waals surface area contributed by atoms with Crippen LogP contribution in [0.1, 0.15) is 12.5 Å². The quantitative estimate of drug-likeness (QED) is 0.392. The highest BCUT2D eigenvalue weighted by Gasteiger charge is 2.33. The number of phenols is 1. The van der Waals surface area contributed by atoms with E-state index in [0.717, 1.165) is 0 Å². The van der Waals surface area contributed by atoms with E-state index in [1.807, 2.05) is 0 Å². The van der Waals surface area contributed by atoms with Crippen LogP contribution in [0.4, 0.5) is 0 Å². The van der Waals surface area contributed by atoms with Crippen molar-refractivity contribution in [3.63, 3.8) is 0 Å². The molecular weight excluding hydrogens is 220 g/mol. The van der Waals surface area contributed by atoms with Crippen LogP contribution in [0.3, 0.4) is 0 Å². The molecule has 0 saturated carbocycles. The van der Waals surface area contributed by atoms with E-state index in [1.165, 1.54) is 19.1 Å². The molecule has 1 rings (SSSR count). The number of aliphatic hydroxyl groups excluding tert-OH is 1. The second-order valence-electron chi connectivity index (χ2n) is 3.10. The Kier molecular flexibility index (Phi) is 3.36. The second kappa shape index (κ2) is 4.02. The fourth-order valence-corrected chi connectivity index (χ4v) is 1.43. The normalized spacial score (nSPS) is 17.5. The standard InChI is InChI=1S/C9H12O3S2/c1-5(10)9(12,14)7-4-6(13)2-3-8(7)11/h2-5,10-14H,1H3. The van der Waals surface area contributed by atoms with Gasteiger partial charge in [0.05, 0.1) is 6.10 Å². The van der Waals surface area contributed by atoms with Gasteiger partial charge in [-0.2, -0.15) is 0 Å². The third-order valence-corrected chi connectivity index (χ3v) is 2.85. The van der Waals surface area contributed by atoms with Crippen molar-refractivity contribution in [2.75, 3.05) is 0 Å². The first kappa shape index (κ1) is 11.7. The Balaban J connectivity index is 3.24. The Morgan fingerprint density at radius 3 is 2.50 bits per heavy atom. The van der Waals surface area contributed by atoms with Gasteiger partial charge in [0.2, 0.25) is 0 Å². The van der Waals surface area contributed by atoms with Crippen LogP contribution >= 0.6 is 25.3 Å².